The SMILES string of the molecule is CCCNc1ccc(Br)cc1.Cl. The second-order valence-corrected chi connectivity index (χ2v) is 3.35. The zero-order chi connectivity index (χ0) is 8.10. The quantitative estimate of drug-likeness (QED) is 0.863. The summed E-state index contributed by atoms with van der Waals surface area (Å²) in [4.78, 5) is 0. The number of halogens is 2. The normalized spacial score (nSPS) is 8.83. The Balaban J connectivity index is 0.00000121. The third-order valence-electron chi connectivity index (χ3n) is 1.42. The van der Waals surface area contributed by atoms with Gasteiger partial charge in [-0.3, -0.25) is 0 Å². The second-order valence-electron chi connectivity index (χ2n) is 2.43. The molecular weight excluding hydrogens is 237 g/mol. The van der Waals surface area contributed by atoms with Crippen LogP contribution in [0.15, 0.2) is 28.7 Å². The Kier molecular flexibility index (Phi) is 6.21. The third-order valence-corrected chi connectivity index (χ3v) is 1.95. The van der Waals surface area contributed by atoms with Crippen molar-refractivity contribution in [2.24, 2.45) is 0 Å². The van der Waals surface area contributed by atoms with Gasteiger partial charge in [0.05, 0.1) is 0 Å². The second kappa shape index (κ2) is 6.32. The van der Waals surface area contributed by atoms with E-state index in [0.29, 0.717) is 0 Å². The topological polar surface area (TPSA) is 12.0 Å². The number of benzene rings is 1. The van der Waals surface area contributed by atoms with Crippen LogP contribution in [0.1, 0.15) is 13.3 Å². The average Bonchev–Trinajstić information content (AvgIpc) is 2.04. The Morgan fingerprint density at radius 2 is 1.83 bits per heavy atom. The van der Waals surface area contributed by atoms with Crippen LogP contribution in [0.25, 0.3) is 0 Å². The van der Waals surface area contributed by atoms with Gasteiger partial charge in [-0.25, -0.2) is 0 Å². The van der Waals surface area contributed by atoms with E-state index in [4.69, 9.17) is 0 Å². The fourth-order valence-corrected chi connectivity index (χ4v) is 1.10. The van der Waals surface area contributed by atoms with Crippen molar-refractivity contribution in [3.63, 3.8) is 0 Å². The molecule has 1 aromatic rings. The van der Waals surface area contributed by atoms with E-state index in [9.17, 15) is 0 Å². The van der Waals surface area contributed by atoms with E-state index < -0.39 is 0 Å². The van der Waals surface area contributed by atoms with Gasteiger partial charge in [-0.2, -0.15) is 0 Å². The van der Waals surface area contributed by atoms with Gasteiger partial charge in [-0.15, -0.1) is 12.4 Å². The highest BCUT2D eigenvalue weighted by Crippen LogP contribution is 2.13. The molecule has 0 saturated carbocycles. The third kappa shape index (κ3) is 3.98. The van der Waals surface area contributed by atoms with E-state index in [1.54, 1.807) is 0 Å². The number of hydrogen-bond donors (Lipinski definition) is 1. The van der Waals surface area contributed by atoms with E-state index in [2.05, 4.69) is 40.3 Å². The number of hydrogen-bond acceptors (Lipinski definition) is 1. The lowest BCUT2D eigenvalue weighted by atomic mass is 10.3. The molecule has 1 N–H and O–H groups in total. The molecule has 0 amide bonds. The zero-order valence-corrected chi connectivity index (χ0v) is 9.41. The van der Waals surface area contributed by atoms with Crippen molar-refractivity contribution in [1.29, 1.82) is 0 Å². The molecule has 0 fully saturated rings. The summed E-state index contributed by atoms with van der Waals surface area (Å²) in [7, 11) is 0. The van der Waals surface area contributed by atoms with Crippen molar-refractivity contribution < 1.29 is 0 Å². The van der Waals surface area contributed by atoms with Crippen LogP contribution in [0.3, 0.4) is 0 Å². The summed E-state index contributed by atoms with van der Waals surface area (Å²) < 4.78 is 1.12. The Labute approximate surface area is 88.1 Å². The molecule has 1 rings (SSSR count). The molecule has 68 valence electrons. The summed E-state index contributed by atoms with van der Waals surface area (Å²) in [6, 6.07) is 8.22. The maximum Gasteiger partial charge on any atom is 0.0340 e. The lowest BCUT2D eigenvalue weighted by Crippen LogP contribution is -1.98. The minimum atomic E-state index is 0. The highest BCUT2D eigenvalue weighted by Gasteiger charge is 1.88. The van der Waals surface area contributed by atoms with Crippen LogP contribution in [0.2, 0.25) is 0 Å². The summed E-state index contributed by atoms with van der Waals surface area (Å²) in [6.45, 7) is 3.20. The van der Waals surface area contributed by atoms with Crippen molar-refractivity contribution >= 4 is 34.0 Å². The van der Waals surface area contributed by atoms with Crippen molar-refractivity contribution in [3.8, 4) is 0 Å². The van der Waals surface area contributed by atoms with Crippen LogP contribution >= 0.6 is 28.3 Å². The molecule has 0 heterocycles. The standard InChI is InChI=1S/C9H12BrN.ClH/c1-2-7-11-9-5-3-8(10)4-6-9;/h3-6,11H,2,7H2,1H3;1H. The summed E-state index contributed by atoms with van der Waals surface area (Å²) in [5, 5.41) is 3.30. The lowest BCUT2D eigenvalue weighted by Gasteiger charge is -2.03. The molecule has 1 aromatic carbocycles. The molecule has 0 atom stereocenters. The van der Waals surface area contributed by atoms with Gasteiger partial charge in [-0.1, -0.05) is 22.9 Å². The maximum absolute atomic E-state index is 3.39. The predicted molar refractivity (Wildman–Crippen MR) is 60.2 cm³/mol. The summed E-state index contributed by atoms with van der Waals surface area (Å²) in [6.07, 6.45) is 1.16. The molecule has 0 aliphatic carbocycles. The smallest absolute Gasteiger partial charge is 0.0340 e. The van der Waals surface area contributed by atoms with Crippen molar-refractivity contribution in [2.45, 2.75) is 13.3 Å². The molecule has 0 aromatic heterocycles. The van der Waals surface area contributed by atoms with Crippen molar-refractivity contribution in [1.82, 2.24) is 0 Å². The number of anilines is 1. The Bertz CT molecular complexity index is 210. The molecule has 0 unspecified atom stereocenters. The van der Waals surface area contributed by atoms with Gasteiger partial charge in [0.1, 0.15) is 0 Å². The van der Waals surface area contributed by atoms with Crippen LogP contribution in [0, 0.1) is 0 Å². The first-order chi connectivity index (χ1) is 5.33. The monoisotopic (exact) mass is 249 g/mol. The van der Waals surface area contributed by atoms with Gasteiger partial charge in [0.2, 0.25) is 0 Å². The van der Waals surface area contributed by atoms with E-state index in [0.717, 1.165) is 17.4 Å². The van der Waals surface area contributed by atoms with Crippen LogP contribution in [-0.2, 0) is 0 Å². The van der Waals surface area contributed by atoms with Gasteiger partial charge in [0.25, 0.3) is 0 Å². The van der Waals surface area contributed by atoms with E-state index >= 15 is 0 Å². The maximum atomic E-state index is 3.39. The first kappa shape index (κ1) is 11.8. The largest absolute Gasteiger partial charge is 0.385 e. The van der Waals surface area contributed by atoms with Crippen LogP contribution in [0.4, 0.5) is 5.69 Å². The molecule has 0 saturated heterocycles. The van der Waals surface area contributed by atoms with Crippen LogP contribution < -0.4 is 5.32 Å². The molecule has 0 radical (unpaired) electrons. The fourth-order valence-electron chi connectivity index (χ4n) is 0.837. The van der Waals surface area contributed by atoms with Crippen LogP contribution in [-0.4, -0.2) is 6.54 Å². The average molecular weight is 251 g/mol. The number of rotatable bonds is 3. The van der Waals surface area contributed by atoms with Gasteiger partial charge >= 0.3 is 0 Å². The molecule has 3 heteroatoms. The lowest BCUT2D eigenvalue weighted by molar-refractivity contribution is 0.980. The van der Waals surface area contributed by atoms with Crippen molar-refractivity contribution in [3.05, 3.63) is 28.7 Å². The van der Waals surface area contributed by atoms with Gasteiger partial charge in [0, 0.05) is 16.7 Å². The minimum Gasteiger partial charge on any atom is -0.385 e. The summed E-state index contributed by atoms with van der Waals surface area (Å²) in [5.41, 5.74) is 1.19. The molecule has 0 spiro atoms. The van der Waals surface area contributed by atoms with Crippen molar-refractivity contribution in [2.75, 3.05) is 11.9 Å². The fraction of sp³-hybridized carbons (Fsp3) is 0.333. The van der Waals surface area contributed by atoms with Gasteiger partial charge in [-0.05, 0) is 30.7 Å². The first-order valence-corrected chi connectivity index (χ1v) is 4.61. The predicted octanol–water partition coefficient (Wildman–Crippen LogP) is 3.69. The Morgan fingerprint density at radius 1 is 1.25 bits per heavy atom. The minimum absolute atomic E-state index is 0. The molecular formula is C9H13BrClN. The highest BCUT2D eigenvalue weighted by molar-refractivity contribution is 9.10. The molecule has 12 heavy (non-hydrogen) atoms. The zero-order valence-electron chi connectivity index (χ0n) is 7.01. The number of nitrogens with one attached hydrogen (secondary N) is 1. The van der Waals surface area contributed by atoms with Gasteiger partial charge in [0.15, 0.2) is 0 Å². The Hall–Kier alpha value is -0.210. The Morgan fingerprint density at radius 3 is 2.33 bits per heavy atom. The summed E-state index contributed by atoms with van der Waals surface area (Å²) >= 11 is 3.39. The molecule has 0 aliphatic heterocycles. The van der Waals surface area contributed by atoms with E-state index in [1.165, 1.54) is 5.69 Å². The van der Waals surface area contributed by atoms with E-state index in [1.807, 2.05) is 12.1 Å². The summed E-state index contributed by atoms with van der Waals surface area (Å²) in [5.74, 6) is 0. The first-order valence-electron chi connectivity index (χ1n) is 3.82. The van der Waals surface area contributed by atoms with E-state index in [-0.39, 0.29) is 12.4 Å². The molecule has 1 nitrogen and oxygen atoms in total. The molecule has 0 aliphatic rings. The highest BCUT2D eigenvalue weighted by atomic mass is 79.9. The van der Waals surface area contributed by atoms with Gasteiger partial charge < -0.3 is 5.32 Å². The van der Waals surface area contributed by atoms with Crippen LogP contribution in [0.5, 0.6) is 0 Å². The molecule has 0 bridgehead atoms.